The summed E-state index contributed by atoms with van der Waals surface area (Å²) in [6.07, 6.45) is 1.09. The topological polar surface area (TPSA) is 79.9 Å². The number of amides is 3. The van der Waals surface area contributed by atoms with Crippen molar-refractivity contribution in [2.45, 2.75) is 78.4 Å². The molecule has 0 spiro atoms. The number of piperidine rings is 1. The van der Waals surface area contributed by atoms with E-state index >= 15 is 0 Å². The van der Waals surface area contributed by atoms with Gasteiger partial charge in [-0.25, -0.2) is 9.59 Å². The van der Waals surface area contributed by atoms with Gasteiger partial charge in [0.15, 0.2) is 6.73 Å². The summed E-state index contributed by atoms with van der Waals surface area (Å²) in [4.78, 5) is 26.0. The molecule has 2 rings (SSSR count). The van der Waals surface area contributed by atoms with Crippen molar-refractivity contribution < 1.29 is 19.1 Å². The molecule has 1 fully saturated rings. The van der Waals surface area contributed by atoms with Crippen molar-refractivity contribution >= 4 is 12.1 Å². The SMILES string of the molecule is Cc1ccc(OCNC(=O)NC2CCN(C(=O)OC(C)(C)C)CC2)c(C(C)(C)C)c1. The Hall–Kier alpha value is -2.44. The molecule has 3 amide bonds. The number of hydrogen-bond acceptors (Lipinski definition) is 4. The molecule has 168 valence electrons. The van der Waals surface area contributed by atoms with Gasteiger partial charge in [-0.05, 0) is 57.6 Å². The van der Waals surface area contributed by atoms with E-state index < -0.39 is 5.60 Å². The average molecular weight is 420 g/mol. The number of nitrogens with one attached hydrogen (secondary N) is 2. The highest BCUT2D eigenvalue weighted by molar-refractivity contribution is 5.74. The number of likely N-dealkylation sites (tertiary alicyclic amines) is 1. The van der Waals surface area contributed by atoms with E-state index in [4.69, 9.17) is 9.47 Å². The lowest BCUT2D eigenvalue weighted by Crippen LogP contribution is -2.50. The van der Waals surface area contributed by atoms with Crippen molar-refractivity contribution in [2.75, 3.05) is 19.8 Å². The molecule has 1 saturated heterocycles. The van der Waals surface area contributed by atoms with Crippen LogP contribution in [0.4, 0.5) is 9.59 Å². The number of hydrogen-bond donors (Lipinski definition) is 2. The fraction of sp³-hybridized carbons (Fsp3) is 0.652. The van der Waals surface area contributed by atoms with Gasteiger partial charge >= 0.3 is 12.1 Å². The minimum atomic E-state index is -0.504. The van der Waals surface area contributed by atoms with E-state index in [2.05, 4.69) is 44.4 Å². The second kappa shape index (κ2) is 9.58. The molecule has 0 bridgehead atoms. The van der Waals surface area contributed by atoms with Crippen LogP contribution >= 0.6 is 0 Å². The molecule has 30 heavy (non-hydrogen) atoms. The first-order chi connectivity index (χ1) is 13.8. The fourth-order valence-corrected chi connectivity index (χ4v) is 3.30. The summed E-state index contributed by atoms with van der Waals surface area (Å²) >= 11 is 0. The molecule has 0 aliphatic carbocycles. The predicted octanol–water partition coefficient (Wildman–Crippen LogP) is 4.33. The first-order valence-electron chi connectivity index (χ1n) is 10.6. The molecule has 0 saturated carbocycles. The van der Waals surface area contributed by atoms with E-state index in [-0.39, 0.29) is 30.3 Å². The van der Waals surface area contributed by atoms with E-state index in [0.717, 1.165) is 11.3 Å². The Morgan fingerprint density at radius 3 is 2.30 bits per heavy atom. The second-order valence-electron chi connectivity index (χ2n) is 9.93. The van der Waals surface area contributed by atoms with E-state index in [0.29, 0.717) is 25.9 Å². The Morgan fingerprint density at radius 1 is 1.10 bits per heavy atom. The number of rotatable bonds is 4. The van der Waals surface area contributed by atoms with Crippen LogP contribution in [-0.4, -0.2) is 48.5 Å². The molecule has 1 aliphatic rings. The Balaban J connectivity index is 1.76. The third kappa shape index (κ3) is 7.43. The van der Waals surface area contributed by atoms with Crippen molar-refractivity contribution in [1.29, 1.82) is 0 Å². The quantitative estimate of drug-likeness (QED) is 0.712. The Kier molecular flexibility index (Phi) is 7.61. The smallest absolute Gasteiger partial charge is 0.410 e. The van der Waals surface area contributed by atoms with Gasteiger partial charge in [-0.1, -0.05) is 38.5 Å². The van der Waals surface area contributed by atoms with Crippen molar-refractivity contribution in [3.63, 3.8) is 0 Å². The minimum absolute atomic E-state index is 0.0215. The summed E-state index contributed by atoms with van der Waals surface area (Å²) in [5.74, 6) is 0.777. The van der Waals surface area contributed by atoms with Gasteiger partial charge in [-0.15, -0.1) is 0 Å². The molecule has 1 aromatic carbocycles. The number of carbonyl (C=O) groups excluding carboxylic acids is 2. The summed E-state index contributed by atoms with van der Waals surface area (Å²) in [7, 11) is 0. The standard InChI is InChI=1S/C23H37N3O4/c1-16-8-9-19(18(14-16)22(2,3)4)29-15-24-20(27)25-17-10-12-26(13-11-17)21(28)30-23(5,6)7/h8-9,14,17H,10-13,15H2,1-7H3,(H2,24,25,27). The summed E-state index contributed by atoms with van der Waals surface area (Å²) < 4.78 is 11.2. The van der Waals surface area contributed by atoms with Crippen LogP contribution in [0.25, 0.3) is 0 Å². The van der Waals surface area contributed by atoms with Crippen LogP contribution in [-0.2, 0) is 10.2 Å². The van der Waals surface area contributed by atoms with Crippen molar-refractivity contribution in [3.05, 3.63) is 29.3 Å². The van der Waals surface area contributed by atoms with Gasteiger partial charge in [-0.2, -0.15) is 0 Å². The predicted molar refractivity (Wildman–Crippen MR) is 118 cm³/mol. The van der Waals surface area contributed by atoms with Gasteiger partial charge < -0.3 is 25.0 Å². The van der Waals surface area contributed by atoms with Crippen LogP contribution in [0.5, 0.6) is 5.75 Å². The first-order valence-corrected chi connectivity index (χ1v) is 10.6. The molecule has 0 unspecified atom stereocenters. The molecular weight excluding hydrogens is 382 g/mol. The molecule has 1 heterocycles. The van der Waals surface area contributed by atoms with Gasteiger partial charge in [0.2, 0.25) is 0 Å². The molecule has 1 aliphatic heterocycles. The highest BCUT2D eigenvalue weighted by Crippen LogP contribution is 2.32. The van der Waals surface area contributed by atoms with Gasteiger partial charge in [-0.3, -0.25) is 0 Å². The van der Waals surface area contributed by atoms with Crippen LogP contribution in [0.2, 0.25) is 0 Å². The fourth-order valence-electron chi connectivity index (χ4n) is 3.30. The molecule has 1 aromatic rings. The van der Waals surface area contributed by atoms with Crippen molar-refractivity contribution in [3.8, 4) is 5.75 Å². The largest absolute Gasteiger partial charge is 0.473 e. The lowest BCUT2D eigenvalue weighted by Gasteiger charge is -2.33. The first kappa shape index (κ1) is 23.8. The Bertz CT molecular complexity index is 742. The lowest BCUT2D eigenvalue weighted by atomic mass is 9.85. The van der Waals surface area contributed by atoms with E-state index in [9.17, 15) is 9.59 Å². The third-order valence-electron chi connectivity index (χ3n) is 4.89. The number of nitrogens with zero attached hydrogens (tertiary/aromatic N) is 1. The maximum absolute atomic E-state index is 12.2. The summed E-state index contributed by atoms with van der Waals surface area (Å²) in [6, 6.07) is 5.82. The maximum Gasteiger partial charge on any atom is 0.410 e. The number of ether oxygens (including phenoxy) is 2. The number of carbonyl (C=O) groups is 2. The molecule has 7 nitrogen and oxygen atoms in total. The van der Waals surface area contributed by atoms with E-state index in [1.54, 1.807) is 4.90 Å². The van der Waals surface area contributed by atoms with Crippen LogP contribution in [0.3, 0.4) is 0 Å². The number of benzene rings is 1. The minimum Gasteiger partial charge on any atom is -0.473 e. The molecule has 7 heteroatoms. The maximum atomic E-state index is 12.2. The van der Waals surface area contributed by atoms with Crippen LogP contribution in [0.15, 0.2) is 18.2 Å². The normalized spacial score (nSPS) is 15.5. The van der Waals surface area contributed by atoms with Crippen molar-refractivity contribution in [2.24, 2.45) is 0 Å². The van der Waals surface area contributed by atoms with Crippen LogP contribution < -0.4 is 15.4 Å². The molecule has 2 N–H and O–H groups in total. The zero-order valence-corrected chi connectivity index (χ0v) is 19.4. The molecule has 0 radical (unpaired) electrons. The van der Waals surface area contributed by atoms with Crippen LogP contribution in [0.1, 0.15) is 65.5 Å². The van der Waals surface area contributed by atoms with E-state index in [1.165, 1.54) is 5.56 Å². The number of aryl methyl sites for hydroxylation is 1. The second-order valence-corrected chi connectivity index (χ2v) is 9.93. The average Bonchev–Trinajstić information content (AvgIpc) is 2.61. The third-order valence-corrected chi connectivity index (χ3v) is 4.89. The molecule has 0 aromatic heterocycles. The highest BCUT2D eigenvalue weighted by atomic mass is 16.6. The monoisotopic (exact) mass is 419 g/mol. The molecule has 0 atom stereocenters. The van der Waals surface area contributed by atoms with Gasteiger partial charge in [0, 0.05) is 19.1 Å². The van der Waals surface area contributed by atoms with Crippen molar-refractivity contribution in [1.82, 2.24) is 15.5 Å². The zero-order valence-electron chi connectivity index (χ0n) is 19.4. The highest BCUT2D eigenvalue weighted by Gasteiger charge is 2.27. The van der Waals surface area contributed by atoms with E-state index in [1.807, 2.05) is 32.9 Å². The van der Waals surface area contributed by atoms with Crippen LogP contribution in [0, 0.1) is 6.92 Å². The Labute approximate surface area is 180 Å². The Morgan fingerprint density at radius 2 is 1.73 bits per heavy atom. The molecular formula is C23H37N3O4. The summed E-state index contributed by atoms with van der Waals surface area (Å²) in [5, 5.41) is 5.72. The lowest BCUT2D eigenvalue weighted by molar-refractivity contribution is 0.0201. The van der Waals surface area contributed by atoms with Gasteiger partial charge in [0.1, 0.15) is 11.4 Å². The number of urea groups is 1. The van der Waals surface area contributed by atoms with Gasteiger partial charge in [0.05, 0.1) is 0 Å². The zero-order chi connectivity index (χ0) is 22.5. The summed E-state index contributed by atoms with van der Waals surface area (Å²) in [6.45, 7) is 15.2. The summed E-state index contributed by atoms with van der Waals surface area (Å²) in [5.41, 5.74) is 1.73. The van der Waals surface area contributed by atoms with Gasteiger partial charge in [0.25, 0.3) is 0 Å².